The molecule has 0 aliphatic rings. The van der Waals surface area contributed by atoms with Gasteiger partial charge in [0.1, 0.15) is 0 Å². The van der Waals surface area contributed by atoms with E-state index in [1.54, 1.807) is 0 Å². The summed E-state index contributed by atoms with van der Waals surface area (Å²) in [5.41, 5.74) is 8.39. The fourth-order valence-electron chi connectivity index (χ4n) is 8.81. The summed E-state index contributed by atoms with van der Waals surface area (Å²) in [6.45, 7) is 0. The highest BCUT2D eigenvalue weighted by atomic mass is 32.1. The Morgan fingerprint density at radius 3 is 1.67 bits per heavy atom. The second-order valence-electron chi connectivity index (χ2n) is 14.5. The van der Waals surface area contributed by atoms with Gasteiger partial charge in [-0.05, 0) is 96.7 Å². The summed E-state index contributed by atoms with van der Waals surface area (Å²) in [5, 5.41) is 14.8. The van der Waals surface area contributed by atoms with Crippen LogP contribution in [0.25, 0.3) is 119 Å². The number of hydrogen-bond donors (Lipinski definition) is 0. The number of pyridine rings is 2. The standard InChI is InChI=1S/C52H30N2S/c1-2-10-31(11-3-1)45-25-20-32-18-19-33-21-26-46(54-52(33)51(32)53-45)39-24-23-38(43-28-34-12-4-5-13-35(34)29-44(39)43)42-30-36-22-27-48-50(41-16-8-9-17-47(41)55-48)49(36)40-15-7-6-14-37(40)42/h1-30H. The zero-order valence-corrected chi connectivity index (χ0v) is 30.4. The molecule has 55 heavy (non-hydrogen) atoms. The van der Waals surface area contributed by atoms with Crippen molar-refractivity contribution in [2.24, 2.45) is 0 Å². The summed E-state index contributed by atoms with van der Waals surface area (Å²) in [4.78, 5) is 10.6. The van der Waals surface area contributed by atoms with E-state index in [1.807, 2.05) is 17.4 Å². The molecule has 2 nitrogen and oxygen atoms in total. The van der Waals surface area contributed by atoms with Crippen molar-refractivity contribution in [3.8, 4) is 33.6 Å². The zero-order chi connectivity index (χ0) is 36.0. The first-order valence-electron chi connectivity index (χ1n) is 18.7. The van der Waals surface area contributed by atoms with Crippen LogP contribution >= 0.6 is 11.3 Å². The molecule has 0 saturated carbocycles. The first-order valence-corrected chi connectivity index (χ1v) is 19.5. The third-order valence-corrected chi connectivity index (χ3v) is 12.5. The van der Waals surface area contributed by atoms with Crippen LogP contribution in [0.3, 0.4) is 0 Å². The average molecular weight is 715 g/mol. The summed E-state index contributed by atoms with van der Waals surface area (Å²) >= 11 is 1.88. The fourth-order valence-corrected chi connectivity index (χ4v) is 9.93. The Morgan fingerprint density at radius 2 is 0.891 bits per heavy atom. The normalized spacial score (nSPS) is 12.0. The van der Waals surface area contributed by atoms with E-state index in [2.05, 4.69) is 176 Å². The largest absolute Gasteiger partial charge is 0.245 e. The number of nitrogens with zero attached hydrogens (tertiary/aromatic N) is 2. The molecule has 0 radical (unpaired) electrons. The van der Waals surface area contributed by atoms with Crippen molar-refractivity contribution in [3.63, 3.8) is 0 Å². The van der Waals surface area contributed by atoms with Gasteiger partial charge in [-0.15, -0.1) is 11.3 Å². The lowest BCUT2D eigenvalue weighted by Gasteiger charge is -2.17. The summed E-state index contributed by atoms with van der Waals surface area (Å²) in [6.07, 6.45) is 0. The number of aromatic nitrogens is 2. The van der Waals surface area contributed by atoms with Gasteiger partial charge in [-0.2, -0.15) is 0 Å². The molecule has 3 aromatic heterocycles. The summed E-state index contributed by atoms with van der Waals surface area (Å²) < 4.78 is 2.66. The van der Waals surface area contributed by atoms with E-state index >= 15 is 0 Å². The molecule has 0 unspecified atom stereocenters. The molecule has 0 aliphatic carbocycles. The van der Waals surface area contributed by atoms with Crippen LogP contribution in [0, 0.1) is 0 Å². The van der Waals surface area contributed by atoms with Crippen LogP contribution in [0.4, 0.5) is 0 Å². The van der Waals surface area contributed by atoms with E-state index in [0.29, 0.717) is 0 Å². The van der Waals surface area contributed by atoms with Crippen molar-refractivity contribution in [1.29, 1.82) is 0 Å². The molecule has 3 heteroatoms. The van der Waals surface area contributed by atoms with Gasteiger partial charge in [0.2, 0.25) is 0 Å². The van der Waals surface area contributed by atoms with Crippen molar-refractivity contribution in [2.75, 3.05) is 0 Å². The fraction of sp³-hybridized carbons (Fsp3) is 0. The lowest BCUT2D eigenvalue weighted by molar-refractivity contribution is 1.37. The number of hydrogen-bond acceptors (Lipinski definition) is 3. The van der Waals surface area contributed by atoms with E-state index in [0.717, 1.165) is 44.3 Å². The predicted octanol–water partition coefficient (Wildman–Crippen LogP) is 14.8. The van der Waals surface area contributed by atoms with Crippen molar-refractivity contribution < 1.29 is 0 Å². The third kappa shape index (κ3) is 4.67. The molecule has 0 saturated heterocycles. The van der Waals surface area contributed by atoms with Gasteiger partial charge in [-0.3, -0.25) is 0 Å². The Labute approximate surface area is 320 Å². The summed E-state index contributed by atoms with van der Waals surface area (Å²) in [5.74, 6) is 0. The second kappa shape index (κ2) is 11.8. The molecular weight excluding hydrogens is 685 g/mol. The first-order chi connectivity index (χ1) is 27.2. The van der Waals surface area contributed by atoms with Crippen LogP contribution in [0.2, 0.25) is 0 Å². The maximum Gasteiger partial charge on any atom is 0.0972 e. The van der Waals surface area contributed by atoms with Crippen molar-refractivity contribution in [1.82, 2.24) is 9.97 Å². The SMILES string of the molecule is c1ccc(-c2ccc3ccc4ccc(-c5ccc(-c6cc7ccc8sc9ccccc9c8c7c7ccccc67)c6cc7ccccc7cc56)nc4c3n2)cc1. The summed E-state index contributed by atoms with van der Waals surface area (Å²) in [6, 6.07) is 66.2. The molecule has 0 N–H and O–H groups in total. The minimum atomic E-state index is 0.915. The maximum atomic E-state index is 5.42. The molecule has 0 amide bonds. The minimum Gasteiger partial charge on any atom is -0.245 e. The Hall–Kier alpha value is -6.94. The number of rotatable bonds is 3. The van der Waals surface area contributed by atoms with Crippen LogP contribution in [-0.4, -0.2) is 9.97 Å². The molecule has 0 aliphatic heterocycles. The van der Waals surface area contributed by atoms with Gasteiger partial charge in [-0.1, -0.05) is 140 Å². The molecule has 12 rings (SSSR count). The molecule has 9 aromatic carbocycles. The minimum absolute atomic E-state index is 0.915. The molecular formula is C52H30N2S. The predicted molar refractivity (Wildman–Crippen MR) is 236 cm³/mol. The van der Waals surface area contributed by atoms with E-state index in [-0.39, 0.29) is 0 Å². The van der Waals surface area contributed by atoms with Gasteiger partial charge in [-0.25, -0.2) is 9.97 Å². The van der Waals surface area contributed by atoms with Gasteiger partial charge >= 0.3 is 0 Å². The molecule has 0 fully saturated rings. The quantitative estimate of drug-likeness (QED) is 0.134. The average Bonchev–Trinajstić information content (AvgIpc) is 3.64. The second-order valence-corrected chi connectivity index (χ2v) is 15.6. The number of fused-ring (bicyclic) bond motifs is 12. The Bertz CT molecular complexity index is 3550. The van der Waals surface area contributed by atoms with Gasteiger partial charge in [0.25, 0.3) is 0 Å². The van der Waals surface area contributed by atoms with Crippen LogP contribution in [0.15, 0.2) is 182 Å². The topological polar surface area (TPSA) is 25.8 Å². The van der Waals surface area contributed by atoms with Crippen LogP contribution in [0.1, 0.15) is 0 Å². The van der Waals surface area contributed by atoms with Gasteiger partial charge < -0.3 is 0 Å². The van der Waals surface area contributed by atoms with Crippen LogP contribution in [-0.2, 0) is 0 Å². The van der Waals surface area contributed by atoms with E-state index in [4.69, 9.17) is 9.97 Å². The van der Waals surface area contributed by atoms with Gasteiger partial charge in [0.05, 0.1) is 22.4 Å². The first kappa shape index (κ1) is 30.5. The van der Waals surface area contributed by atoms with Crippen molar-refractivity contribution >= 4 is 96.4 Å². The maximum absolute atomic E-state index is 5.42. The van der Waals surface area contributed by atoms with Crippen LogP contribution < -0.4 is 0 Å². The smallest absolute Gasteiger partial charge is 0.0972 e. The molecule has 254 valence electrons. The molecule has 0 atom stereocenters. The highest BCUT2D eigenvalue weighted by Gasteiger charge is 2.18. The lowest BCUT2D eigenvalue weighted by atomic mass is 9.87. The van der Waals surface area contributed by atoms with E-state index in [9.17, 15) is 0 Å². The number of benzene rings is 9. The lowest BCUT2D eigenvalue weighted by Crippen LogP contribution is -1.93. The van der Waals surface area contributed by atoms with Crippen molar-refractivity contribution in [3.05, 3.63) is 182 Å². The Morgan fingerprint density at radius 1 is 0.309 bits per heavy atom. The van der Waals surface area contributed by atoms with Gasteiger partial charge in [0.15, 0.2) is 0 Å². The Kier molecular flexibility index (Phi) is 6.54. The summed E-state index contributed by atoms with van der Waals surface area (Å²) in [7, 11) is 0. The Balaban J connectivity index is 1.12. The number of thiophene rings is 1. The monoisotopic (exact) mass is 714 g/mol. The van der Waals surface area contributed by atoms with E-state index in [1.165, 1.54) is 74.4 Å². The van der Waals surface area contributed by atoms with E-state index < -0.39 is 0 Å². The molecule has 0 spiro atoms. The molecule has 0 bridgehead atoms. The third-order valence-electron chi connectivity index (χ3n) is 11.4. The zero-order valence-electron chi connectivity index (χ0n) is 29.6. The van der Waals surface area contributed by atoms with Gasteiger partial charge in [0, 0.05) is 42.1 Å². The highest BCUT2D eigenvalue weighted by Crippen LogP contribution is 2.46. The molecule has 3 heterocycles. The van der Waals surface area contributed by atoms with Crippen LogP contribution in [0.5, 0.6) is 0 Å². The van der Waals surface area contributed by atoms with Crippen molar-refractivity contribution in [2.45, 2.75) is 0 Å². The highest BCUT2D eigenvalue weighted by molar-refractivity contribution is 7.26. The molecule has 12 aromatic rings.